The molecule has 0 amide bonds. The highest BCUT2D eigenvalue weighted by atomic mass is 16.5. The first-order valence-corrected chi connectivity index (χ1v) is 4.82. The number of rotatable bonds is 4. The third-order valence-corrected chi connectivity index (χ3v) is 2.50. The highest BCUT2D eigenvalue weighted by molar-refractivity contribution is 5.31. The van der Waals surface area contributed by atoms with E-state index in [4.69, 9.17) is 15.2 Å². The van der Waals surface area contributed by atoms with E-state index >= 15 is 0 Å². The van der Waals surface area contributed by atoms with Crippen LogP contribution in [-0.4, -0.2) is 19.8 Å². The maximum atomic E-state index is 5.68. The molecule has 14 heavy (non-hydrogen) atoms. The molecule has 1 saturated carbocycles. The highest BCUT2D eigenvalue weighted by Gasteiger charge is 2.33. The molecule has 1 aliphatic rings. The van der Waals surface area contributed by atoms with Crippen molar-refractivity contribution in [1.82, 2.24) is 0 Å². The van der Waals surface area contributed by atoms with Gasteiger partial charge in [-0.25, -0.2) is 0 Å². The van der Waals surface area contributed by atoms with E-state index in [1.807, 2.05) is 24.3 Å². The topological polar surface area (TPSA) is 44.5 Å². The van der Waals surface area contributed by atoms with Gasteiger partial charge in [0.25, 0.3) is 0 Å². The number of nitrogens with two attached hydrogens (primary N) is 1. The predicted molar refractivity (Wildman–Crippen MR) is 54.6 cm³/mol. The molecule has 0 aliphatic heterocycles. The second kappa shape index (κ2) is 3.88. The van der Waals surface area contributed by atoms with Crippen LogP contribution in [-0.2, 0) is 0 Å². The minimum absolute atomic E-state index is 0.355. The molecule has 0 radical (unpaired) electrons. The summed E-state index contributed by atoms with van der Waals surface area (Å²) in [6, 6.07) is 7.96. The highest BCUT2D eigenvalue weighted by Crippen LogP contribution is 2.28. The van der Waals surface area contributed by atoms with E-state index in [2.05, 4.69) is 0 Å². The number of hydrogen-bond acceptors (Lipinski definition) is 3. The van der Waals surface area contributed by atoms with Gasteiger partial charge in [0.05, 0.1) is 13.7 Å². The van der Waals surface area contributed by atoms with Gasteiger partial charge < -0.3 is 15.2 Å². The summed E-state index contributed by atoms with van der Waals surface area (Å²) in [5.41, 5.74) is 5.68. The number of hydrogen-bond donors (Lipinski definition) is 1. The molecule has 3 nitrogen and oxygen atoms in total. The minimum atomic E-state index is 0.355. The molecule has 3 heteroatoms. The molecule has 0 bridgehead atoms. The molecule has 0 heterocycles. The maximum Gasteiger partial charge on any atom is 0.119 e. The molecule has 76 valence electrons. The SMILES string of the molecule is COc1ccc(OCC2CC2N)cc1. The summed E-state index contributed by atoms with van der Waals surface area (Å²) in [6.07, 6.45) is 1.09. The largest absolute Gasteiger partial charge is 0.497 e. The molecule has 1 fully saturated rings. The molecular formula is C11H15NO2. The van der Waals surface area contributed by atoms with Gasteiger partial charge in [-0.15, -0.1) is 0 Å². The van der Waals surface area contributed by atoms with Crippen LogP contribution in [0.4, 0.5) is 0 Å². The van der Waals surface area contributed by atoms with Crippen molar-refractivity contribution in [3.8, 4) is 11.5 Å². The van der Waals surface area contributed by atoms with Crippen molar-refractivity contribution in [2.45, 2.75) is 12.5 Å². The second-order valence-electron chi connectivity index (χ2n) is 3.65. The molecule has 0 saturated heterocycles. The Morgan fingerprint density at radius 2 is 1.86 bits per heavy atom. The molecular weight excluding hydrogens is 178 g/mol. The van der Waals surface area contributed by atoms with Crippen LogP contribution < -0.4 is 15.2 Å². The third-order valence-electron chi connectivity index (χ3n) is 2.50. The van der Waals surface area contributed by atoms with Crippen molar-refractivity contribution in [2.24, 2.45) is 11.7 Å². The van der Waals surface area contributed by atoms with Crippen LogP contribution in [0.3, 0.4) is 0 Å². The predicted octanol–water partition coefficient (Wildman–Crippen LogP) is 1.42. The lowest BCUT2D eigenvalue weighted by Crippen LogP contribution is -2.08. The zero-order valence-electron chi connectivity index (χ0n) is 8.27. The molecule has 0 spiro atoms. The minimum Gasteiger partial charge on any atom is -0.497 e. The van der Waals surface area contributed by atoms with Gasteiger partial charge in [-0.3, -0.25) is 0 Å². The standard InChI is InChI=1S/C11H15NO2/c1-13-9-2-4-10(5-3-9)14-7-8-6-11(8)12/h2-5,8,11H,6-7,12H2,1H3. The van der Waals surface area contributed by atoms with Gasteiger partial charge >= 0.3 is 0 Å². The molecule has 2 rings (SSSR count). The van der Waals surface area contributed by atoms with E-state index in [9.17, 15) is 0 Å². The van der Waals surface area contributed by atoms with Crippen molar-refractivity contribution >= 4 is 0 Å². The summed E-state index contributed by atoms with van der Waals surface area (Å²) in [4.78, 5) is 0. The number of benzene rings is 1. The van der Waals surface area contributed by atoms with Gasteiger partial charge in [0.2, 0.25) is 0 Å². The Labute approximate surface area is 83.8 Å². The van der Waals surface area contributed by atoms with Crippen molar-refractivity contribution in [1.29, 1.82) is 0 Å². The van der Waals surface area contributed by atoms with Crippen LogP contribution in [0.1, 0.15) is 6.42 Å². The summed E-state index contributed by atoms with van der Waals surface area (Å²) >= 11 is 0. The van der Waals surface area contributed by atoms with Crippen LogP contribution in [0.15, 0.2) is 24.3 Å². The summed E-state index contributed by atoms with van der Waals surface area (Å²) < 4.78 is 10.6. The van der Waals surface area contributed by atoms with E-state index in [0.717, 1.165) is 24.5 Å². The first-order chi connectivity index (χ1) is 6.79. The van der Waals surface area contributed by atoms with E-state index in [-0.39, 0.29) is 0 Å². The van der Waals surface area contributed by atoms with Gasteiger partial charge in [0, 0.05) is 12.0 Å². The Bertz CT molecular complexity index is 297. The number of methoxy groups -OCH3 is 1. The lowest BCUT2D eigenvalue weighted by molar-refractivity contribution is 0.296. The van der Waals surface area contributed by atoms with Gasteiger partial charge in [0.15, 0.2) is 0 Å². The van der Waals surface area contributed by atoms with Gasteiger partial charge in [0.1, 0.15) is 11.5 Å². The average Bonchev–Trinajstić information content (AvgIpc) is 2.92. The first-order valence-electron chi connectivity index (χ1n) is 4.82. The van der Waals surface area contributed by atoms with E-state index in [0.29, 0.717) is 12.0 Å². The van der Waals surface area contributed by atoms with Crippen molar-refractivity contribution in [3.05, 3.63) is 24.3 Å². The summed E-state index contributed by atoms with van der Waals surface area (Å²) in [5, 5.41) is 0. The zero-order chi connectivity index (χ0) is 9.97. The van der Waals surface area contributed by atoms with Crippen molar-refractivity contribution in [3.63, 3.8) is 0 Å². The van der Waals surface area contributed by atoms with Crippen LogP contribution in [0, 0.1) is 5.92 Å². The van der Waals surface area contributed by atoms with E-state index in [1.54, 1.807) is 7.11 Å². The fourth-order valence-corrected chi connectivity index (χ4v) is 1.34. The molecule has 1 aromatic carbocycles. The Balaban J connectivity index is 1.84. The molecule has 2 unspecified atom stereocenters. The molecule has 1 aliphatic carbocycles. The quantitative estimate of drug-likeness (QED) is 0.786. The van der Waals surface area contributed by atoms with Crippen LogP contribution in [0.25, 0.3) is 0 Å². The Kier molecular flexibility index (Phi) is 2.59. The van der Waals surface area contributed by atoms with E-state index in [1.165, 1.54) is 0 Å². The number of ether oxygens (including phenoxy) is 2. The van der Waals surface area contributed by atoms with Crippen molar-refractivity contribution < 1.29 is 9.47 Å². The molecule has 1 aromatic rings. The van der Waals surface area contributed by atoms with E-state index < -0.39 is 0 Å². The summed E-state index contributed by atoms with van der Waals surface area (Å²) in [7, 11) is 1.65. The lowest BCUT2D eigenvalue weighted by Gasteiger charge is -2.05. The lowest BCUT2D eigenvalue weighted by atomic mass is 10.3. The van der Waals surface area contributed by atoms with Crippen molar-refractivity contribution in [2.75, 3.05) is 13.7 Å². The van der Waals surface area contributed by atoms with Gasteiger partial charge in [-0.2, -0.15) is 0 Å². The van der Waals surface area contributed by atoms with Crippen LogP contribution in [0.2, 0.25) is 0 Å². The monoisotopic (exact) mass is 193 g/mol. The Morgan fingerprint density at radius 3 is 2.36 bits per heavy atom. The van der Waals surface area contributed by atoms with Gasteiger partial charge in [-0.1, -0.05) is 0 Å². The average molecular weight is 193 g/mol. The second-order valence-corrected chi connectivity index (χ2v) is 3.65. The Hall–Kier alpha value is -1.22. The van der Waals surface area contributed by atoms with Crippen LogP contribution >= 0.6 is 0 Å². The normalized spacial score (nSPS) is 24.4. The summed E-state index contributed by atoms with van der Waals surface area (Å²) in [5.74, 6) is 2.28. The summed E-state index contributed by atoms with van der Waals surface area (Å²) in [6.45, 7) is 0.730. The first kappa shape index (κ1) is 9.34. The maximum absolute atomic E-state index is 5.68. The fraction of sp³-hybridized carbons (Fsp3) is 0.455. The van der Waals surface area contributed by atoms with Gasteiger partial charge in [-0.05, 0) is 30.7 Å². The zero-order valence-corrected chi connectivity index (χ0v) is 8.27. The molecule has 2 atom stereocenters. The Morgan fingerprint density at radius 1 is 1.29 bits per heavy atom. The van der Waals surface area contributed by atoms with Crippen LogP contribution in [0.5, 0.6) is 11.5 Å². The third kappa shape index (κ3) is 2.17. The molecule has 2 N–H and O–H groups in total. The molecule has 0 aromatic heterocycles. The fourth-order valence-electron chi connectivity index (χ4n) is 1.34. The smallest absolute Gasteiger partial charge is 0.119 e.